The fourth-order valence-corrected chi connectivity index (χ4v) is 1.41. The van der Waals surface area contributed by atoms with Crippen LogP contribution in [0.4, 0.5) is 0 Å². The molecule has 88 valence electrons. The van der Waals surface area contributed by atoms with E-state index in [-0.39, 0.29) is 6.61 Å². The van der Waals surface area contributed by atoms with Crippen molar-refractivity contribution in [2.45, 2.75) is 25.7 Å². The summed E-state index contributed by atoms with van der Waals surface area (Å²) >= 11 is 0. The van der Waals surface area contributed by atoms with Crippen molar-refractivity contribution in [3.63, 3.8) is 0 Å². The lowest BCUT2D eigenvalue weighted by Crippen LogP contribution is -2.28. The van der Waals surface area contributed by atoms with Crippen LogP contribution in [0.15, 0.2) is 18.2 Å². The Kier molecular flexibility index (Phi) is 4.00. The summed E-state index contributed by atoms with van der Waals surface area (Å²) in [5.41, 5.74) is 1.52. The fourth-order valence-electron chi connectivity index (χ4n) is 1.41. The van der Waals surface area contributed by atoms with E-state index in [2.05, 4.69) is 0 Å². The number of hydrogen-bond donors (Lipinski definition) is 4. The third kappa shape index (κ3) is 2.57. The largest absolute Gasteiger partial charge is 0.479 e. The molecule has 0 heterocycles. The van der Waals surface area contributed by atoms with Gasteiger partial charge in [-0.25, -0.2) is 4.79 Å². The van der Waals surface area contributed by atoms with Crippen LogP contribution in [-0.4, -0.2) is 32.5 Å². The van der Waals surface area contributed by atoms with Crippen LogP contribution in [0.2, 0.25) is 0 Å². The van der Waals surface area contributed by atoms with Crippen LogP contribution in [0, 0.1) is 6.92 Å². The second-order valence-electron chi connectivity index (χ2n) is 3.58. The topological polar surface area (TPSA) is 98.0 Å². The van der Waals surface area contributed by atoms with Gasteiger partial charge in [-0.15, -0.1) is 0 Å². The molecular weight excluding hydrogens is 212 g/mol. The van der Waals surface area contributed by atoms with Gasteiger partial charge in [0.1, 0.15) is 6.10 Å². The van der Waals surface area contributed by atoms with E-state index in [1.54, 1.807) is 19.1 Å². The van der Waals surface area contributed by atoms with Gasteiger partial charge in [0.2, 0.25) is 0 Å². The van der Waals surface area contributed by atoms with E-state index in [4.69, 9.17) is 10.2 Å². The Morgan fingerprint density at radius 1 is 1.38 bits per heavy atom. The Morgan fingerprint density at radius 3 is 2.50 bits per heavy atom. The molecule has 5 nitrogen and oxygen atoms in total. The first-order valence-corrected chi connectivity index (χ1v) is 4.76. The Bertz CT molecular complexity index is 388. The summed E-state index contributed by atoms with van der Waals surface area (Å²) in [5.74, 6) is -1.48. The molecule has 1 aromatic rings. The molecule has 0 aliphatic carbocycles. The number of hydrogen-bond acceptors (Lipinski definition) is 4. The maximum absolute atomic E-state index is 10.5. The van der Waals surface area contributed by atoms with E-state index in [1.165, 1.54) is 6.07 Å². The van der Waals surface area contributed by atoms with Crippen molar-refractivity contribution >= 4 is 5.97 Å². The minimum atomic E-state index is -1.87. The number of aryl methyl sites for hydroxylation is 1. The van der Waals surface area contributed by atoms with Crippen LogP contribution < -0.4 is 0 Å². The molecule has 0 aliphatic heterocycles. The van der Waals surface area contributed by atoms with Crippen molar-refractivity contribution in [1.29, 1.82) is 0 Å². The average Bonchev–Trinajstić information content (AvgIpc) is 2.27. The monoisotopic (exact) mass is 226 g/mol. The van der Waals surface area contributed by atoms with Gasteiger partial charge in [-0.3, -0.25) is 0 Å². The van der Waals surface area contributed by atoms with Crippen LogP contribution in [0.25, 0.3) is 0 Å². The summed E-state index contributed by atoms with van der Waals surface area (Å²) in [5, 5.41) is 36.4. The fraction of sp³-hybridized carbons (Fsp3) is 0.364. The molecule has 2 unspecified atom stereocenters. The number of benzene rings is 1. The number of aliphatic hydroxyl groups is 3. The van der Waals surface area contributed by atoms with Gasteiger partial charge in [-0.1, -0.05) is 18.2 Å². The van der Waals surface area contributed by atoms with Crippen molar-refractivity contribution < 1.29 is 25.2 Å². The minimum absolute atomic E-state index is 0.205. The first kappa shape index (κ1) is 12.6. The van der Waals surface area contributed by atoms with E-state index >= 15 is 0 Å². The molecule has 0 bridgehead atoms. The van der Waals surface area contributed by atoms with Crippen molar-refractivity contribution in [3.05, 3.63) is 34.9 Å². The molecule has 4 N–H and O–H groups in total. The van der Waals surface area contributed by atoms with E-state index in [9.17, 15) is 15.0 Å². The highest BCUT2D eigenvalue weighted by Crippen LogP contribution is 2.22. The highest BCUT2D eigenvalue weighted by molar-refractivity contribution is 5.73. The van der Waals surface area contributed by atoms with E-state index in [0.29, 0.717) is 16.7 Å². The number of rotatable bonds is 4. The van der Waals surface area contributed by atoms with Gasteiger partial charge in [0.05, 0.1) is 6.61 Å². The highest BCUT2D eigenvalue weighted by atomic mass is 16.4. The quantitative estimate of drug-likeness (QED) is 0.577. The third-order valence-electron chi connectivity index (χ3n) is 2.40. The van der Waals surface area contributed by atoms with Crippen LogP contribution >= 0.6 is 0 Å². The van der Waals surface area contributed by atoms with E-state index < -0.39 is 18.2 Å². The molecule has 1 rings (SSSR count). The molecule has 2 atom stereocenters. The minimum Gasteiger partial charge on any atom is -0.479 e. The summed E-state index contributed by atoms with van der Waals surface area (Å²) in [6.45, 7) is 1.48. The molecule has 0 saturated carbocycles. The molecule has 0 radical (unpaired) electrons. The summed E-state index contributed by atoms with van der Waals surface area (Å²) in [6.07, 6.45) is -3.36. The number of aliphatic carboxylic acids is 1. The van der Waals surface area contributed by atoms with Crippen LogP contribution in [0.1, 0.15) is 22.8 Å². The Labute approximate surface area is 92.6 Å². The lowest BCUT2D eigenvalue weighted by Gasteiger charge is -2.17. The highest BCUT2D eigenvalue weighted by Gasteiger charge is 2.26. The summed E-state index contributed by atoms with van der Waals surface area (Å²) in [4.78, 5) is 10.5. The van der Waals surface area contributed by atoms with Gasteiger partial charge < -0.3 is 20.4 Å². The van der Waals surface area contributed by atoms with Crippen molar-refractivity contribution in [3.8, 4) is 0 Å². The summed E-state index contributed by atoms with van der Waals surface area (Å²) in [6, 6.07) is 4.80. The number of aliphatic hydroxyl groups excluding tert-OH is 3. The Morgan fingerprint density at radius 2 is 2.00 bits per heavy atom. The molecule has 0 fully saturated rings. The number of carboxylic acid groups (broad SMARTS) is 1. The maximum atomic E-state index is 10.5. The Balaban J connectivity index is 3.06. The number of carbonyl (C=O) groups is 1. The molecular formula is C11H14O5. The SMILES string of the molecule is Cc1ccc(CO)cc1C(O)C(O)C(=O)O. The van der Waals surface area contributed by atoms with Gasteiger partial charge in [-0.2, -0.15) is 0 Å². The first-order chi connectivity index (χ1) is 7.47. The van der Waals surface area contributed by atoms with Gasteiger partial charge in [0.15, 0.2) is 6.10 Å². The van der Waals surface area contributed by atoms with Crippen molar-refractivity contribution in [1.82, 2.24) is 0 Å². The smallest absolute Gasteiger partial charge is 0.335 e. The van der Waals surface area contributed by atoms with Gasteiger partial charge in [0.25, 0.3) is 0 Å². The maximum Gasteiger partial charge on any atom is 0.335 e. The lowest BCUT2D eigenvalue weighted by atomic mass is 9.97. The van der Waals surface area contributed by atoms with Crippen LogP contribution in [0.3, 0.4) is 0 Å². The normalized spacial score (nSPS) is 14.5. The molecule has 0 aromatic heterocycles. The lowest BCUT2D eigenvalue weighted by molar-refractivity contribution is -0.153. The van der Waals surface area contributed by atoms with Gasteiger partial charge in [0, 0.05) is 0 Å². The molecule has 0 saturated heterocycles. The number of carboxylic acids is 1. The summed E-state index contributed by atoms with van der Waals surface area (Å²) in [7, 11) is 0. The Hall–Kier alpha value is -1.43. The second kappa shape index (κ2) is 5.07. The standard InChI is InChI=1S/C11H14O5/c1-6-2-3-7(5-12)4-8(6)9(13)10(14)11(15)16/h2-4,9-10,12-14H,5H2,1H3,(H,15,16). The second-order valence-corrected chi connectivity index (χ2v) is 3.58. The van der Waals surface area contributed by atoms with Crippen molar-refractivity contribution in [2.75, 3.05) is 0 Å². The van der Waals surface area contributed by atoms with Gasteiger partial charge in [-0.05, 0) is 23.6 Å². The molecule has 16 heavy (non-hydrogen) atoms. The molecule has 1 aromatic carbocycles. The van der Waals surface area contributed by atoms with Gasteiger partial charge >= 0.3 is 5.97 Å². The first-order valence-electron chi connectivity index (χ1n) is 4.76. The van der Waals surface area contributed by atoms with E-state index in [0.717, 1.165) is 0 Å². The molecule has 0 amide bonds. The van der Waals surface area contributed by atoms with Crippen LogP contribution in [-0.2, 0) is 11.4 Å². The van der Waals surface area contributed by atoms with Crippen LogP contribution in [0.5, 0.6) is 0 Å². The van der Waals surface area contributed by atoms with Crippen molar-refractivity contribution in [2.24, 2.45) is 0 Å². The zero-order chi connectivity index (χ0) is 12.3. The average molecular weight is 226 g/mol. The molecule has 5 heteroatoms. The third-order valence-corrected chi connectivity index (χ3v) is 2.40. The summed E-state index contributed by atoms with van der Waals surface area (Å²) < 4.78 is 0. The van der Waals surface area contributed by atoms with E-state index in [1.807, 2.05) is 0 Å². The molecule has 0 aliphatic rings. The zero-order valence-electron chi connectivity index (χ0n) is 8.79. The predicted molar refractivity (Wildman–Crippen MR) is 55.7 cm³/mol. The predicted octanol–water partition coefficient (Wildman–Crippen LogP) is -0.0338. The zero-order valence-corrected chi connectivity index (χ0v) is 8.79. The molecule has 0 spiro atoms.